The van der Waals surface area contributed by atoms with Crippen molar-refractivity contribution in [1.29, 1.82) is 0 Å². The maximum Gasteiger partial charge on any atom is 0.322 e. The van der Waals surface area contributed by atoms with Gasteiger partial charge in [0.2, 0.25) is 5.91 Å². The van der Waals surface area contributed by atoms with Crippen LogP contribution in [0.5, 0.6) is 0 Å². The molecule has 2 saturated heterocycles. The summed E-state index contributed by atoms with van der Waals surface area (Å²) in [6.07, 6.45) is 11.3. The van der Waals surface area contributed by atoms with Crippen LogP contribution in [0, 0.1) is 5.41 Å². The number of likely N-dealkylation sites (tertiary alicyclic amines) is 1. The normalized spacial score (nSPS) is 22.7. The third-order valence-electron chi connectivity index (χ3n) is 7.93. The Hall–Kier alpha value is -2.67. The molecular formula is C26H35N5O2. The highest BCUT2D eigenvalue weighted by atomic mass is 16.2. The van der Waals surface area contributed by atoms with Crippen LogP contribution in [-0.2, 0) is 4.79 Å². The van der Waals surface area contributed by atoms with E-state index in [0.717, 1.165) is 42.1 Å². The third-order valence-corrected chi connectivity index (χ3v) is 7.93. The first kappa shape index (κ1) is 22.1. The number of nitrogens with zero attached hydrogens (tertiary/aromatic N) is 4. The number of piperazine rings is 1. The van der Waals surface area contributed by atoms with Crippen molar-refractivity contribution in [3.05, 3.63) is 36.7 Å². The van der Waals surface area contributed by atoms with E-state index < -0.39 is 6.04 Å². The van der Waals surface area contributed by atoms with Crippen LogP contribution in [-0.4, -0.2) is 76.9 Å². The van der Waals surface area contributed by atoms with Crippen LogP contribution in [0.2, 0.25) is 0 Å². The van der Waals surface area contributed by atoms with Gasteiger partial charge in [-0.3, -0.25) is 9.78 Å². The lowest BCUT2D eigenvalue weighted by Gasteiger charge is -2.39. The standard InChI is InChI=1S/C26H35N5O2/c1-20-24(32)30(13-3-2-12-29-14-9-26(7-8-26)10-15-29)16-17-31(20)25(33)28-23-5-4-21-6-11-27-19-22(21)18-23/h4-6,11,18-20H,2-3,7-10,12-17H2,1H3,(H,28,33)/t20-/m0/s1. The van der Waals surface area contributed by atoms with E-state index in [1.165, 1.54) is 38.8 Å². The average Bonchev–Trinajstić information content (AvgIpc) is 3.59. The Bertz CT molecular complexity index is 1010. The molecule has 3 amide bonds. The molecule has 0 radical (unpaired) electrons. The molecule has 1 saturated carbocycles. The molecule has 5 rings (SSSR count). The fourth-order valence-corrected chi connectivity index (χ4v) is 5.35. The molecule has 2 aliphatic heterocycles. The van der Waals surface area contributed by atoms with Crippen LogP contribution in [0.25, 0.3) is 10.8 Å². The van der Waals surface area contributed by atoms with E-state index in [1.807, 2.05) is 36.1 Å². The zero-order valence-electron chi connectivity index (χ0n) is 19.6. The molecule has 1 spiro atoms. The van der Waals surface area contributed by atoms with Gasteiger partial charge in [-0.15, -0.1) is 0 Å². The molecule has 0 unspecified atom stereocenters. The predicted octanol–water partition coefficient (Wildman–Crippen LogP) is 3.96. The van der Waals surface area contributed by atoms with Crippen LogP contribution in [0.1, 0.15) is 45.4 Å². The summed E-state index contributed by atoms with van der Waals surface area (Å²) in [5, 5.41) is 5.00. The van der Waals surface area contributed by atoms with Crippen molar-refractivity contribution < 1.29 is 9.59 Å². The number of aromatic nitrogens is 1. The fourth-order valence-electron chi connectivity index (χ4n) is 5.35. The summed E-state index contributed by atoms with van der Waals surface area (Å²) in [6, 6.07) is 7.03. The van der Waals surface area contributed by atoms with E-state index in [9.17, 15) is 9.59 Å². The summed E-state index contributed by atoms with van der Waals surface area (Å²) >= 11 is 0. The molecule has 3 heterocycles. The molecule has 0 bridgehead atoms. The van der Waals surface area contributed by atoms with Gasteiger partial charge in [0.05, 0.1) is 0 Å². The number of pyridine rings is 1. The molecule has 7 nitrogen and oxygen atoms in total. The smallest absolute Gasteiger partial charge is 0.322 e. The number of piperidine rings is 1. The first-order valence-electron chi connectivity index (χ1n) is 12.5. The number of carbonyl (C=O) groups is 2. The summed E-state index contributed by atoms with van der Waals surface area (Å²) in [5.74, 6) is 0.0489. The van der Waals surface area contributed by atoms with Gasteiger partial charge in [0, 0.05) is 43.1 Å². The topological polar surface area (TPSA) is 68.8 Å². The lowest BCUT2D eigenvalue weighted by atomic mass is 9.93. The predicted molar refractivity (Wildman–Crippen MR) is 130 cm³/mol. The molecule has 1 aromatic heterocycles. The molecule has 1 atom stereocenters. The van der Waals surface area contributed by atoms with Crippen LogP contribution < -0.4 is 5.32 Å². The Labute approximate surface area is 196 Å². The van der Waals surface area contributed by atoms with Crippen LogP contribution in [0.15, 0.2) is 36.7 Å². The number of hydrogen-bond acceptors (Lipinski definition) is 4. The van der Waals surface area contributed by atoms with Gasteiger partial charge in [-0.05, 0) is 94.1 Å². The van der Waals surface area contributed by atoms with Crippen molar-refractivity contribution in [1.82, 2.24) is 19.7 Å². The molecule has 3 aliphatic rings. The third kappa shape index (κ3) is 4.98. The van der Waals surface area contributed by atoms with E-state index in [2.05, 4.69) is 15.2 Å². The van der Waals surface area contributed by atoms with Gasteiger partial charge in [-0.25, -0.2) is 4.79 Å². The van der Waals surface area contributed by atoms with Crippen molar-refractivity contribution in [2.45, 2.75) is 51.5 Å². The van der Waals surface area contributed by atoms with Gasteiger partial charge in [0.15, 0.2) is 0 Å². The number of urea groups is 1. The van der Waals surface area contributed by atoms with Crippen LogP contribution >= 0.6 is 0 Å². The molecule has 176 valence electrons. The number of nitrogens with one attached hydrogen (secondary N) is 1. The monoisotopic (exact) mass is 449 g/mol. The van der Waals surface area contributed by atoms with Crippen molar-refractivity contribution in [2.24, 2.45) is 5.41 Å². The van der Waals surface area contributed by atoms with Crippen LogP contribution in [0.4, 0.5) is 10.5 Å². The number of benzene rings is 1. The number of carbonyl (C=O) groups excluding carboxylic acids is 2. The molecular weight excluding hydrogens is 414 g/mol. The van der Waals surface area contributed by atoms with Gasteiger partial charge in [0.25, 0.3) is 0 Å². The Morgan fingerprint density at radius 1 is 1.03 bits per heavy atom. The van der Waals surface area contributed by atoms with E-state index in [0.29, 0.717) is 18.8 Å². The highest BCUT2D eigenvalue weighted by Gasteiger charge is 2.44. The molecule has 1 aliphatic carbocycles. The lowest BCUT2D eigenvalue weighted by molar-refractivity contribution is -0.139. The van der Waals surface area contributed by atoms with Crippen LogP contribution in [0.3, 0.4) is 0 Å². The van der Waals surface area contributed by atoms with Crippen molar-refractivity contribution in [3.63, 3.8) is 0 Å². The first-order chi connectivity index (χ1) is 16.0. The molecule has 3 fully saturated rings. The summed E-state index contributed by atoms with van der Waals surface area (Å²) in [4.78, 5) is 36.1. The van der Waals surface area contributed by atoms with Gasteiger partial charge >= 0.3 is 6.03 Å². The fraction of sp³-hybridized carbons (Fsp3) is 0.577. The highest BCUT2D eigenvalue weighted by Crippen LogP contribution is 2.53. The maximum absolute atomic E-state index is 12.9. The van der Waals surface area contributed by atoms with Gasteiger partial charge < -0.3 is 20.0 Å². The minimum atomic E-state index is -0.447. The van der Waals surface area contributed by atoms with E-state index in [-0.39, 0.29) is 11.9 Å². The molecule has 7 heteroatoms. The summed E-state index contributed by atoms with van der Waals surface area (Å²) in [5.41, 5.74) is 1.45. The second kappa shape index (κ2) is 9.29. The summed E-state index contributed by atoms with van der Waals surface area (Å²) in [7, 11) is 0. The first-order valence-corrected chi connectivity index (χ1v) is 12.5. The minimum absolute atomic E-state index is 0.0489. The van der Waals surface area contributed by atoms with Gasteiger partial charge in [0.1, 0.15) is 6.04 Å². The minimum Gasteiger partial charge on any atom is -0.339 e. The summed E-state index contributed by atoms with van der Waals surface area (Å²) < 4.78 is 0. The maximum atomic E-state index is 12.9. The second-order valence-electron chi connectivity index (χ2n) is 10.1. The van der Waals surface area contributed by atoms with Crippen molar-refractivity contribution in [2.75, 3.05) is 44.6 Å². The number of fused-ring (bicyclic) bond motifs is 1. The SMILES string of the molecule is C[C@H]1C(=O)N(CCCCN2CCC3(CC2)CC3)CCN1C(=O)Nc1ccc2ccncc2c1. The molecule has 33 heavy (non-hydrogen) atoms. The Morgan fingerprint density at radius 2 is 1.82 bits per heavy atom. The second-order valence-corrected chi connectivity index (χ2v) is 10.1. The number of anilines is 1. The Balaban J connectivity index is 1.07. The average molecular weight is 450 g/mol. The number of hydrogen-bond donors (Lipinski definition) is 1. The summed E-state index contributed by atoms with van der Waals surface area (Å²) in [6.45, 7) is 7.42. The highest BCUT2D eigenvalue weighted by molar-refractivity contribution is 5.96. The van der Waals surface area contributed by atoms with E-state index in [1.54, 1.807) is 17.3 Å². The number of amides is 3. The number of rotatable bonds is 6. The molecule has 1 aromatic carbocycles. The van der Waals surface area contributed by atoms with Crippen molar-refractivity contribution >= 4 is 28.4 Å². The van der Waals surface area contributed by atoms with E-state index >= 15 is 0 Å². The lowest BCUT2D eigenvalue weighted by Crippen LogP contribution is -2.58. The number of unbranched alkanes of at least 4 members (excludes halogenated alkanes) is 1. The van der Waals surface area contributed by atoms with Gasteiger partial charge in [-0.2, -0.15) is 0 Å². The Morgan fingerprint density at radius 3 is 2.61 bits per heavy atom. The van der Waals surface area contributed by atoms with Gasteiger partial charge in [-0.1, -0.05) is 6.07 Å². The molecule has 1 N–H and O–H groups in total. The quantitative estimate of drug-likeness (QED) is 0.678. The zero-order valence-corrected chi connectivity index (χ0v) is 19.6. The van der Waals surface area contributed by atoms with E-state index in [4.69, 9.17) is 0 Å². The zero-order chi connectivity index (χ0) is 22.8. The molecule has 2 aromatic rings. The van der Waals surface area contributed by atoms with Crippen molar-refractivity contribution in [3.8, 4) is 0 Å². The Kier molecular flexibility index (Phi) is 6.23. The largest absolute Gasteiger partial charge is 0.339 e.